The quantitative estimate of drug-likeness (QED) is 0.521. The van der Waals surface area contributed by atoms with Crippen molar-refractivity contribution in [3.63, 3.8) is 0 Å². The zero-order valence-corrected chi connectivity index (χ0v) is 18.4. The third kappa shape index (κ3) is 4.30. The maximum Gasteiger partial charge on any atom is 0.262 e. The second kappa shape index (κ2) is 8.79. The molecular weight excluding hydrogens is 440 g/mol. The Morgan fingerprint density at radius 2 is 2.00 bits per heavy atom. The number of thiophene rings is 1. The van der Waals surface area contributed by atoms with Crippen molar-refractivity contribution in [3.05, 3.63) is 49.8 Å². The fourth-order valence-corrected chi connectivity index (χ4v) is 4.55. The maximum absolute atomic E-state index is 13.8. The van der Waals surface area contributed by atoms with Gasteiger partial charge < -0.3 is 14.8 Å². The molecule has 1 atom stereocenters. The Balaban J connectivity index is 1.95. The van der Waals surface area contributed by atoms with Gasteiger partial charge in [-0.3, -0.25) is 4.79 Å². The van der Waals surface area contributed by atoms with Gasteiger partial charge >= 0.3 is 0 Å². The van der Waals surface area contributed by atoms with E-state index < -0.39 is 11.9 Å². The molecule has 1 amide bonds. The number of carbonyl (C=O) groups excluding carboxylic acids is 1. The normalized spacial score (nSPS) is 12.2. The molecule has 3 aromatic rings. The number of amides is 1. The predicted octanol–water partition coefficient (Wildman–Crippen LogP) is 5.09. The lowest BCUT2D eigenvalue weighted by Gasteiger charge is -2.16. The summed E-state index contributed by atoms with van der Waals surface area (Å²) < 4.78 is 24.3. The molecule has 2 heterocycles. The molecule has 1 aromatic carbocycles. The Kier molecular flexibility index (Phi) is 6.58. The Hall–Kier alpha value is -2.00. The number of methoxy groups -OCH3 is 2. The molecule has 154 valence electrons. The van der Waals surface area contributed by atoms with Crippen molar-refractivity contribution in [2.24, 2.45) is 0 Å². The molecule has 0 aliphatic carbocycles. The Bertz CT molecular complexity index is 1090. The molecule has 0 aliphatic rings. The average molecular weight is 458 g/mol. The summed E-state index contributed by atoms with van der Waals surface area (Å²) in [4.78, 5) is 22.8. The number of benzene rings is 1. The Morgan fingerprint density at radius 3 is 2.66 bits per heavy atom. The van der Waals surface area contributed by atoms with E-state index in [2.05, 4.69) is 15.3 Å². The summed E-state index contributed by atoms with van der Waals surface area (Å²) in [6.07, 6.45) is 0. The SMILES string of the molecule is COCc1nc(OC)c2c(C)c(C(=O)NC(C)c3cc(F)c(Cl)cc3Cl)sc2n1. The van der Waals surface area contributed by atoms with Gasteiger partial charge in [0.1, 0.15) is 17.3 Å². The van der Waals surface area contributed by atoms with Crippen LogP contribution in [0.15, 0.2) is 12.1 Å². The van der Waals surface area contributed by atoms with E-state index in [0.717, 1.165) is 0 Å². The first-order chi connectivity index (χ1) is 13.8. The van der Waals surface area contributed by atoms with E-state index in [1.54, 1.807) is 21.0 Å². The molecular formula is C19H18Cl2FN3O3S. The molecule has 29 heavy (non-hydrogen) atoms. The van der Waals surface area contributed by atoms with Crippen molar-refractivity contribution >= 4 is 50.7 Å². The van der Waals surface area contributed by atoms with Crippen molar-refractivity contribution in [2.45, 2.75) is 26.5 Å². The number of nitrogens with zero attached hydrogens (tertiary/aromatic N) is 2. The minimum atomic E-state index is -0.601. The number of aromatic nitrogens is 2. The van der Waals surface area contributed by atoms with Crippen LogP contribution in [0.1, 0.15) is 39.6 Å². The number of rotatable bonds is 6. The van der Waals surface area contributed by atoms with Gasteiger partial charge in [0.2, 0.25) is 5.88 Å². The van der Waals surface area contributed by atoms with Crippen LogP contribution in [0.3, 0.4) is 0 Å². The number of fused-ring (bicyclic) bond motifs is 1. The van der Waals surface area contributed by atoms with Gasteiger partial charge in [-0.2, -0.15) is 4.98 Å². The lowest BCUT2D eigenvalue weighted by molar-refractivity contribution is 0.0943. The monoisotopic (exact) mass is 457 g/mol. The third-order valence-corrected chi connectivity index (χ3v) is 6.13. The standard InChI is InChI=1S/C19H18Cl2FN3O3S/c1-8-15-18(28-4)24-14(7-27-3)25-19(15)29-16(8)17(26)23-9(2)10-5-13(22)12(21)6-11(10)20/h5-6,9H,7H2,1-4H3,(H,23,26). The number of carbonyl (C=O) groups is 1. The van der Waals surface area contributed by atoms with Crippen molar-refractivity contribution in [2.75, 3.05) is 14.2 Å². The topological polar surface area (TPSA) is 73.3 Å². The summed E-state index contributed by atoms with van der Waals surface area (Å²) in [5.74, 6) is -0.0942. The van der Waals surface area contributed by atoms with Gasteiger partial charge in [0.05, 0.1) is 28.4 Å². The van der Waals surface area contributed by atoms with Crippen molar-refractivity contribution < 1.29 is 18.7 Å². The van der Waals surface area contributed by atoms with Crippen LogP contribution in [-0.4, -0.2) is 30.1 Å². The van der Waals surface area contributed by atoms with Crippen LogP contribution >= 0.6 is 34.5 Å². The molecule has 1 N–H and O–H groups in total. The second-order valence-electron chi connectivity index (χ2n) is 6.30. The van der Waals surface area contributed by atoms with Gasteiger partial charge in [-0.1, -0.05) is 23.2 Å². The molecule has 1 unspecified atom stereocenters. The highest BCUT2D eigenvalue weighted by Crippen LogP contribution is 2.36. The molecule has 0 aliphatic heterocycles. The van der Waals surface area contributed by atoms with E-state index in [0.29, 0.717) is 37.9 Å². The van der Waals surface area contributed by atoms with Crippen LogP contribution < -0.4 is 10.1 Å². The summed E-state index contributed by atoms with van der Waals surface area (Å²) in [7, 11) is 3.05. The van der Waals surface area contributed by atoms with Gasteiger partial charge in [-0.25, -0.2) is 9.37 Å². The van der Waals surface area contributed by atoms with Gasteiger partial charge in [0.15, 0.2) is 5.82 Å². The number of hydrogen-bond donors (Lipinski definition) is 1. The van der Waals surface area contributed by atoms with Crippen molar-refractivity contribution in [3.8, 4) is 5.88 Å². The first-order valence-electron chi connectivity index (χ1n) is 8.55. The molecule has 0 spiro atoms. The molecule has 0 saturated carbocycles. The summed E-state index contributed by atoms with van der Waals surface area (Å²) in [6, 6.07) is 2.00. The zero-order chi connectivity index (χ0) is 21.3. The van der Waals surface area contributed by atoms with Crippen LogP contribution in [0.2, 0.25) is 10.0 Å². The second-order valence-corrected chi connectivity index (χ2v) is 8.11. The molecule has 10 heteroatoms. The average Bonchev–Trinajstić information content (AvgIpc) is 3.01. The maximum atomic E-state index is 13.8. The molecule has 0 fully saturated rings. The molecule has 0 bridgehead atoms. The zero-order valence-electron chi connectivity index (χ0n) is 16.1. The minimum Gasteiger partial charge on any atom is -0.480 e. The summed E-state index contributed by atoms with van der Waals surface area (Å²) >= 11 is 13.1. The highest BCUT2D eigenvalue weighted by atomic mass is 35.5. The highest BCUT2D eigenvalue weighted by Gasteiger charge is 2.23. The summed E-state index contributed by atoms with van der Waals surface area (Å²) in [5, 5.41) is 3.71. The van der Waals surface area contributed by atoms with Crippen LogP contribution in [0.25, 0.3) is 10.2 Å². The van der Waals surface area contributed by atoms with E-state index in [9.17, 15) is 9.18 Å². The van der Waals surface area contributed by atoms with E-state index in [1.807, 2.05) is 0 Å². The van der Waals surface area contributed by atoms with Crippen molar-refractivity contribution in [1.82, 2.24) is 15.3 Å². The Labute approximate surface area is 181 Å². The third-order valence-electron chi connectivity index (χ3n) is 4.33. The van der Waals surface area contributed by atoms with Gasteiger partial charge in [-0.15, -0.1) is 11.3 Å². The number of ether oxygens (including phenoxy) is 2. The van der Waals surface area contributed by atoms with Crippen LogP contribution in [0.4, 0.5) is 4.39 Å². The summed E-state index contributed by atoms with van der Waals surface area (Å²) in [6.45, 7) is 3.74. The molecule has 6 nitrogen and oxygen atoms in total. The fraction of sp³-hybridized carbons (Fsp3) is 0.316. The Morgan fingerprint density at radius 1 is 1.28 bits per heavy atom. The highest BCUT2D eigenvalue weighted by molar-refractivity contribution is 7.20. The molecule has 0 saturated heterocycles. The van der Waals surface area contributed by atoms with Gasteiger partial charge in [-0.05, 0) is 37.1 Å². The first kappa shape index (κ1) is 21.7. The van der Waals surface area contributed by atoms with Crippen LogP contribution in [-0.2, 0) is 11.3 Å². The van der Waals surface area contributed by atoms with Crippen molar-refractivity contribution in [1.29, 1.82) is 0 Å². The van der Waals surface area contributed by atoms with E-state index in [1.165, 1.54) is 30.6 Å². The largest absolute Gasteiger partial charge is 0.480 e. The van der Waals surface area contributed by atoms with Gasteiger partial charge in [0, 0.05) is 12.1 Å². The predicted molar refractivity (Wildman–Crippen MR) is 112 cm³/mol. The minimum absolute atomic E-state index is 0.0739. The fourth-order valence-electron chi connectivity index (χ4n) is 2.91. The molecule has 3 rings (SSSR count). The number of aryl methyl sites for hydroxylation is 1. The van der Waals surface area contributed by atoms with Crippen LogP contribution in [0, 0.1) is 12.7 Å². The smallest absolute Gasteiger partial charge is 0.262 e. The van der Waals surface area contributed by atoms with E-state index in [-0.39, 0.29) is 22.6 Å². The molecule has 2 aromatic heterocycles. The first-order valence-corrected chi connectivity index (χ1v) is 10.1. The number of halogens is 3. The van der Waals surface area contributed by atoms with Crippen LogP contribution in [0.5, 0.6) is 5.88 Å². The number of hydrogen-bond acceptors (Lipinski definition) is 6. The molecule has 0 radical (unpaired) electrons. The van der Waals surface area contributed by atoms with E-state index in [4.69, 9.17) is 32.7 Å². The lowest BCUT2D eigenvalue weighted by atomic mass is 10.1. The van der Waals surface area contributed by atoms with E-state index >= 15 is 0 Å². The van der Waals surface area contributed by atoms with Gasteiger partial charge in [0.25, 0.3) is 5.91 Å². The number of nitrogens with one attached hydrogen (secondary N) is 1. The summed E-state index contributed by atoms with van der Waals surface area (Å²) in [5.41, 5.74) is 1.13. The lowest BCUT2D eigenvalue weighted by Crippen LogP contribution is -2.26.